The summed E-state index contributed by atoms with van der Waals surface area (Å²) < 4.78 is 5.33. The highest BCUT2D eigenvalue weighted by Crippen LogP contribution is 2.27. The molecule has 0 aliphatic heterocycles. The van der Waals surface area contributed by atoms with Gasteiger partial charge < -0.3 is 10.1 Å². The number of carbonyl (C=O) groups is 1. The zero-order chi connectivity index (χ0) is 18.8. The molecule has 0 unspecified atom stereocenters. The summed E-state index contributed by atoms with van der Waals surface area (Å²) in [6, 6.07) is 21.3. The summed E-state index contributed by atoms with van der Waals surface area (Å²) in [6.07, 6.45) is 2.29. The number of esters is 1. The van der Waals surface area contributed by atoms with Gasteiger partial charge in [0.25, 0.3) is 0 Å². The van der Waals surface area contributed by atoms with E-state index < -0.39 is 5.60 Å². The molecule has 0 aliphatic carbocycles. The largest absolute Gasteiger partial charge is 0.460 e. The van der Waals surface area contributed by atoms with E-state index in [1.54, 1.807) is 0 Å². The van der Waals surface area contributed by atoms with Gasteiger partial charge in [-0.1, -0.05) is 60.7 Å². The number of ether oxygens (including phenoxy) is 1. The summed E-state index contributed by atoms with van der Waals surface area (Å²) in [6.45, 7) is 7.45. The Labute approximate surface area is 157 Å². The van der Waals surface area contributed by atoms with Gasteiger partial charge in [-0.3, -0.25) is 4.79 Å². The van der Waals surface area contributed by atoms with Gasteiger partial charge in [-0.15, -0.1) is 0 Å². The Hall–Kier alpha value is -2.13. The van der Waals surface area contributed by atoms with E-state index in [9.17, 15) is 4.79 Å². The van der Waals surface area contributed by atoms with Crippen LogP contribution in [0.4, 0.5) is 0 Å². The highest BCUT2D eigenvalue weighted by Gasteiger charge is 2.16. The lowest BCUT2D eigenvalue weighted by atomic mass is 9.88. The lowest BCUT2D eigenvalue weighted by molar-refractivity contribution is -0.154. The number of hydrogen-bond acceptors (Lipinski definition) is 3. The van der Waals surface area contributed by atoms with Crippen molar-refractivity contribution in [1.82, 2.24) is 5.32 Å². The van der Waals surface area contributed by atoms with Gasteiger partial charge in [0, 0.05) is 12.3 Å². The standard InChI is InChI=1S/C23H31NO2/c1-23(2,3)26-22(25)15-10-17-24-18-16-21(19-11-6-4-7-12-19)20-13-8-5-9-14-20/h4-9,11-14,21,24H,10,15-18H2,1-3H3. The highest BCUT2D eigenvalue weighted by atomic mass is 16.6. The summed E-state index contributed by atoms with van der Waals surface area (Å²) in [5, 5.41) is 3.47. The molecule has 0 saturated carbocycles. The minimum atomic E-state index is -0.400. The van der Waals surface area contributed by atoms with Crippen molar-refractivity contribution in [3.63, 3.8) is 0 Å². The van der Waals surface area contributed by atoms with E-state index in [0.29, 0.717) is 12.3 Å². The number of hydrogen-bond donors (Lipinski definition) is 1. The van der Waals surface area contributed by atoms with Crippen molar-refractivity contribution in [3.8, 4) is 0 Å². The second-order valence-electron chi connectivity index (χ2n) is 7.60. The zero-order valence-corrected chi connectivity index (χ0v) is 16.2. The summed E-state index contributed by atoms with van der Waals surface area (Å²) in [4.78, 5) is 11.7. The van der Waals surface area contributed by atoms with Gasteiger partial charge in [0.2, 0.25) is 0 Å². The van der Waals surface area contributed by atoms with Crippen molar-refractivity contribution in [1.29, 1.82) is 0 Å². The first-order chi connectivity index (χ1) is 12.5. The van der Waals surface area contributed by atoms with Crippen molar-refractivity contribution in [3.05, 3.63) is 71.8 Å². The third-order valence-corrected chi connectivity index (χ3v) is 4.17. The van der Waals surface area contributed by atoms with Gasteiger partial charge in [-0.25, -0.2) is 0 Å². The predicted octanol–water partition coefficient (Wildman–Crippen LogP) is 4.92. The topological polar surface area (TPSA) is 38.3 Å². The second kappa shape index (κ2) is 10.1. The first-order valence-corrected chi connectivity index (χ1v) is 9.48. The summed E-state index contributed by atoms with van der Waals surface area (Å²) in [5.74, 6) is 0.265. The van der Waals surface area contributed by atoms with E-state index in [1.165, 1.54) is 11.1 Å². The van der Waals surface area contributed by atoms with Gasteiger partial charge in [-0.05, 0) is 57.8 Å². The van der Waals surface area contributed by atoms with Crippen LogP contribution >= 0.6 is 0 Å². The number of rotatable bonds is 9. The van der Waals surface area contributed by atoms with Crippen LogP contribution < -0.4 is 5.32 Å². The molecular formula is C23H31NO2. The van der Waals surface area contributed by atoms with Crippen LogP contribution in [0.15, 0.2) is 60.7 Å². The maximum absolute atomic E-state index is 11.7. The van der Waals surface area contributed by atoms with E-state index in [2.05, 4.69) is 66.0 Å². The molecule has 0 radical (unpaired) electrons. The van der Waals surface area contributed by atoms with Crippen molar-refractivity contribution in [2.45, 2.75) is 51.6 Å². The Morgan fingerprint density at radius 1 is 0.923 bits per heavy atom. The molecule has 3 heteroatoms. The Bertz CT molecular complexity index is 607. The molecule has 0 heterocycles. The monoisotopic (exact) mass is 353 g/mol. The molecule has 2 rings (SSSR count). The highest BCUT2D eigenvalue weighted by molar-refractivity contribution is 5.69. The fourth-order valence-electron chi connectivity index (χ4n) is 3.02. The van der Waals surface area contributed by atoms with Crippen LogP contribution in [0.5, 0.6) is 0 Å². The fourth-order valence-corrected chi connectivity index (χ4v) is 3.02. The average Bonchev–Trinajstić information content (AvgIpc) is 2.61. The number of nitrogens with one attached hydrogen (secondary N) is 1. The normalized spacial score (nSPS) is 11.5. The lowest BCUT2D eigenvalue weighted by Gasteiger charge is -2.20. The zero-order valence-electron chi connectivity index (χ0n) is 16.2. The van der Waals surface area contributed by atoms with Crippen molar-refractivity contribution >= 4 is 5.97 Å². The van der Waals surface area contributed by atoms with Gasteiger partial charge >= 0.3 is 5.97 Å². The molecule has 0 bridgehead atoms. The Morgan fingerprint density at radius 3 is 1.96 bits per heavy atom. The molecule has 0 aromatic heterocycles. The van der Waals surface area contributed by atoms with E-state index >= 15 is 0 Å². The Morgan fingerprint density at radius 2 is 1.46 bits per heavy atom. The smallest absolute Gasteiger partial charge is 0.306 e. The van der Waals surface area contributed by atoms with Crippen molar-refractivity contribution in [2.75, 3.05) is 13.1 Å². The van der Waals surface area contributed by atoms with E-state index in [-0.39, 0.29) is 5.97 Å². The first kappa shape index (κ1) is 20.2. The maximum atomic E-state index is 11.7. The second-order valence-corrected chi connectivity index (χ2v) is 7.60. The van der Waals surface area contributed by atoms with Gasteiger partial charge in [-0.2, -0.15) is 0 Å². The molecule has 0 fully saturated rings. The SMILES string of the molecule is CC(C)(C)OC(=O)CCCNCCC(c1ccccc1)c1ccccc1. The molecule has 0 saturated heterocycles. The molecule has 0 atom stereocenters. The van der Waals surface area contributed by atoms with Crippen molar-refractivity contribution < 1.29 is 9.53 Å². The minimum Gasteiger partial charge on any atom is -0.460 e. The molecule has 1 N–H and O–H groups in total. The third-order valence-electron chi connectivity index (χ3n) is 4.17. The lowest BCUT2D eigenvalue weighted by Crippen LogP contribution is -2.25. The molecule has 140 valence electrons. The van der Waals surface area contributed by atoms with Crippen LogP contribution in [0.2, 0.25) is 0 Å². The predicted molar refractivity (Wildman–Crippen MR) is 107 cm³/mol. The molecule has 2 aromatic rings. The van der Waals surface area contributed by atoms with Crippen LogP contribution in [-0.4, -0.2) is 24.7 Å². The Balaban J connectivity index is 1.77. The van der Waals surface area contributed by atoms with Crippen LogP contribution in [0.1, 0.15) is 57.1 Å². The van der Waals surface area contributed by atoms with Crippen molar-refractivity contribution in [2.24, 2.45) is 0 Å². The third kappa shape index (κ3) is 7.40. The number of carbonyl (C=O) groups excluding carboxylic acids is 1. The van der Waals surface area contributed by atoms with Crippen LogP contribution in [-0.2, 0) is 9.53 Å². The summed E-state index contributed by atoms with van der Waals surface area (Å²) in [7, 11) is 0. The van der Waals surface area contributed by atoms with E-state index in [4.69, 9.17) is 4.74 Å². The maximum Gasteiger partial charge on any atom is 0.306 e. The molecule has 26 heavy (non-hydrogen) atoms. The summed E-state index contributed by atoms with van der Waals surface area (Å²) >= 11 is 0. The van der Waals surface area contributed by atoms with Gasteiger partial charge in [0.05, 0.1) is 0 Å². The average molecular weight is 354 g/mol. The molecule has 3 nitrogen and oxygen atoms in total. The van der Waals surface area contributed by atoms with E-state index in [0.717, 1.165) is 25.9 Å². The fraction of sp³-hybridized carbons (Fsp3) is 0.435. The Kier molecular flexibility index (Phi) is 7.86. The van der Waals surface area contributed by atoms with Crippen LogP contribution in [0, 0.1) is 0 Å². The number of benzene rings is 2. The summed E-state index contributed by atoms with van der Waals surface area (Å²) in [5.41, 5.74) is 2.28. The van der Waals surface area contributed by atoms with Crippen LogP contribution in [0.25, 0.3) is 0 Å². The first-order valence-electron chi connectivity index (χ1n) is 9.48. The molecule has 0 spiro atoms. The molecule has 0 amide bonds. The van der Waals surface area contributed by atoms with E-state index in [1.807, 2.05) is 20.8 Å². The molecule has 0 aliphatic rings. The van der Waals surface area contributed by atoms with Gasteiger partial charge in [0.15, 0.2) is 0 Å². The molecule has 2 aromatic carbocycles. The molecular weight excluding hydrogens is 322 g/mol. The van der Waals surface area contributed by atoms with Crippen LogP contribution in [0.3, 0.4) is 0 Å². The van der Waals surface area contributed by atoms with Gasteiger partial charge in [0.1, 0.15) is 5.60 Å². The minimum absolute atomic E-state index is 0.120. The quantitative estimate of drug-likeness (QED) is 0.514.